The van der Waals surface area contributed by atoms with Crippen LogP contribution in [0.25, 0.3) is 10.9 Å². The third kappa shape index (κ3) is 6.31. The number of fused-ring (bicyclic) bond motifs is 1. The number of carbonyl (C=O) groups is 2. The average molecular weight is 553 g/mol. The molecule has 0 radical (unpaired) electrons. The summed E-state index contributed by atoms with van der Waals surface area (Å²) in [7, 11) is 2.02. The number of Topliss-reactive ketones (excluding diaryl/α,β-unsaturated/α-hetero) is 1. The normalized spacial score (nSPS) is 17.1. The molecule has 3 aromatic heterocycles. The van der Waals surface area contributed by atoms with E-state index in [0.29, 0.717) is 21.0 Å². The van der Waals surface area contributed by atoms with Gasteiger partial charge in [-0.1, -0.05) is 11.8 Å². The number of pyridine rings is 2. The number of rotatable bonds is 7. The van der Waals surface area contributed by atoms with Gasteiger partial charge in [0.25, 0.3) is 5.91 Å². The molecule has 1 amide bonds. The van der Waals surface area contributed by atoms with Gasteiger partial charge in [0.2, 0.25) is 0 Å². The molecule has 2 N–H and O–H groups in total. The maximum absolute atomic E-state index is 13.2. The van der Waals surface area contributed by atoms with Crippen LogP contribution in [0, 0.1) is 6.92 Å². The number of thiophene rings is 1. The standard InChI is InChI=1S/C25H27F3N4O3S2/c1-14-10-18-17(11-15(12-29-18)25(26,27)28)22(30-14)36-13-19(33)20-4-5-21(37-20)24(2,35)23(34)31-16-6-8-32(3)9-7-16/h4-5,10-12,16,35H,6-9,13H2,1-3H3,(H,31,34)/t24-/m1/s1. The van der Waals surface area contributed by atoms with Crippen LogP contribution in [0.2, 0.25) is 0 Å². The Bertz CT molecular complexity index is 1320. The highest BCUT2D eigenvalue weighted by Gasteiger charge is 2.36. The molecule has 0 bridgehead atoms. The van der Waals surface area contributed by atoms with Gasteiger partial charge in [0, 0.05) is 28.2 Å². The summed E-state index contributed by atoms with van der Waals surface area (Å²) in [5.74, 6) is -0.879. The van der Waals surface area contributed by atoms with E-state index in [4.69, 9.17) is 0 Å². The molecule has 3 aromatic rings. The zero-order chi connectivity index (χ0) is 27.0. The molecular weight excluding hydrogens is 525 g/mol. The molecule has 1 saturated heterocycles. The molecule has 0 unspecified atom stereocenters. The third-order valence-electron chi connectivity index (χ3n) is 6.30. The number of aryl methyl sites for hydroxylation is 1. The first-order valence-corrected chi connectivity index (χ1v) is 13.5. The average Bonchev–Trinajstić information content (AvgIpc) is 3.34. The predicted octanol–water partition coefficient (Wildman–Crippen LogP) is 4.41. The fourth-order valence-electron chi connectivity index (χ4n) is 4.02. The predicted molar refractivity (Wildman–Crippen MR) is 137 cm³/mol. The van der Waals surface area contributed by atoms with Crippen molar-refractivity contribution in [1.29, 1.82) is 0 Å². The van der Waals surface area contributed by atoms with Crippen molar-refractivity contribution in [1.82, 2.24) is 20.2 Å². The van der Waals surface area contributed by atoms with E-state index in [9.17, 15) is 27.9 Å². The van der Waals surface area contributed by atoms with Crippen LogP contribution in [0.4, 0.5) is 13.2 Å². The molecule has 1 aliphatic heterocycles. The van der Waals surface area contributed by atoms with E-state index in [1.165, 1.54) is 6.92 Å². The van der Waals surface area contributed by atoms with E-state index in [0.717, 1.165) is 61.3 Å². The number of halogens is 3. The van der Waals surface area contributed by atoms with E-state index in [2.05, 4.69) is 20.2 Å². The number of nitrogens with zero attached hydrogens (tertiary/aromatic N) is 3. The quantitative estimate of drug-likeness (QED) is 0.331. The highest BCUT2D eigenvalue weighted by molar-refractivity contribution is 8.00. The maximum atomic E-state index is 13.2. The summed E-state index contributed by atoms with van der Waals surface area (Å²) < 4.78 is 39.6. The molecule has 4 heterocycles. The monoisotopic (exact) mass is 552 g/mol. The van der Waals surface area contributed by atoms with Gasteiger partial charge < -0.3 is 15.3 Å². The SMILES string of the molecule is Cc1cc2ncc(C(F)(F)F)cc2c(SCC(=O)c2ccc([C@@](C)(O)C(=O)NC3CCN(C)CC3)s2)n1. The van der Waals surface area contributed by atoms with Gasteiger partial charge in [0.1, 0.15) is 5.03 Å². The van der Waals surface area contributed by atoms with Crippen LogP contribution in [-0.2, 0) is 16.6 Å². The summed E-state index contributed by atoms with van der Waals surface area (Å²) in [4.78, 5) is 36.8. The van der Waals surface area contributed by atoms with Crippen molar-refractivity contribution in [3.05, 3.63) is 51.5 Å². The number of likely N-dealkylation sites (tertiary alicyclic amines) is 1. The molecule has 0 aliphatic carbocycles. The third-order valence-corrected chi connectivity index (χ3v) is 8.62. The minimum Gasteiger partial charge on any atom is -0.375 e. The summed E-state index contributed by atoms with van der Waals surface area (Å²) in [6, 6.07) is 5.66. The Hall–Kier alpha value is -2.54. The maximum Gasteiger partial charge on any atom is 0.417 e. The van der Waals surface area contributed by atoms with Crippen molar-refractivity contribution in [2.75, 3.05) is 25.9 Å². The molecule has 12 heteroatoms. The van der Waals surface area contributed by atoms with Crippen molar-refractivity contribution in [3.8, 4) is 0 Å². The van der Waals surface area contributed by atoms with Gasteiger partial charge >= 0.3 is 6.18 Å². The molecule has 1 aliphatic rings. The summed E-state index contributed by atoms with van der Waals surface area (Å²) in [5.41, 5.74) is -1.75. The van der Waals surface area contributed by atoms with Gasteiger partial charge in [-0.3, -0.25) is 14.6 Å². The van der Waals surface area contributed by atoms with Crippen molar-refractivity contribution >= 4 is 45.7 Å². The Kier molecular flexibility index (Phi) is 7.93. The van der Waals surface area contributed by atoms with Crippen molar-refractivity contribution in [2.45, 2.75) is 49.5 Å². The zero-order valence-electron chi connectivity index (χ0n) is 20.6. The second-order valence-corrected chi connectivity index (χ2v) is 11.4. The van der Waals surface area contributed by atoms with Gasteiger partial charge in [-0.2, -0.15) is 13.2 Å². The number of hydrogen-bond donors (Lipinski definition) is 2. The number of aromatic nitrogens is 2. The Morgan fingerprint density at radius 1 is 1.24 bits per heavy atom. The lowest BCUT2D eigenvalue weighted by Crippen LogP contribution is -2.49. The van der Waals surface area contributed by atoms with Crippen LogP contribution in [0.5, 0.6) is 0 Å². The molecule has 1 fully saturated rings. The van der Waals surface area contributed by atoms with Gasteiger partial charge in [-0.15, -0.1) is 11.3 Å². The molecule has 37 heavy (non-hydrogen) atoms. The van der Waals surface area contributed by atoms with E-state index < -0.39 is 23.2 Å². The lowest BCUT2D eigenvalue weighted by Gasteiger charge is -2.31. The fraction of sp³-hybridized carbons (Fsp3) is 0.440. The molecule has 0 saturated carbocycles. The first-order chi connectivity index (χ1) is 17.3. The molecule has 198 valence electrons. The number of alkyl halides is 3. The largest absolute Gasteiger partial charge is 0.417 e. The van der Waals surface area contributed by atoms with E-state index in [-0.39, 0.29) is 28.0 Å². The first-order valence-electron chi connectivity index (χ1n) is 11.7. The fourth-order valence-corrected chi connectivity index (χ4v) is 6.05. The van der Waals surface area contributed by atoms with Crippen LogP contribution >= 0.6 is 23.1 Å². The number of nitrogens with one attached hydrogen (secondary N) is 1. The van der Waals surface area contributed by atoms with Crippen molar-refractivity contribution in [2.24, 2.45) is 0 Å². The Balaban J connectivity index is 1.46. The minimum atomic E-state index is -4.55. The summed E-state index contributed by atoms with van der Waals surface area (Å²) >= 11 is 2.05. The van der Waals surface area contributed by atoms with Gasteiger partial charge in [0.15, 0.2) is 11.4 Å². The van der Waals surface area contributed by atoms with Crippen molar-refractivity contribution in [3.63, 3.8) is 0 Å². The van der Waals surface area contributed by atoms with E-state index >= 15 is 0 Å². The second-order valence-electron chi connectivity index (χ2n) is 9.36. The Labute approximate surface area is 220 Å². The number of hydrogen-bond acceptors (Lipinski definition) is 8. The molecule has 7 nitrogen and oxygen atoms in total. The number of ketones is 1. The van der Waals surface area contributed by atoms with Crippen LogP contribution < -0.4 is 5.32 Å². The van der Waals surface area contributed by atoms with Crippen LogP contribution in [0.1, 0.15) is 45.6 Å². The lowest BCUT2D eigenvalue weighted by molar-refractivity contribution is -0.140. The number of carbonyl (C=O) groups excluding carboxylic acids is 2. The highest BCUT2D eigenvalue weighted by Crippen LogP contribution is 2.34. The summed E-state index contributed by atoms with van der Waals surface area (Å²) in [6.45, 7) is 4.83. The molecule has 0 spiro atoms. The molecule has 0 aromatic carbocycles. The van der Waals surface area contributed by atoms with Gasteiger partial charge in [-0.05, 0) is 71.1 Å². The topological polar surface area (TPSA) is 95.4 Å². The minimum absolute atomic E-state index is 0.0170. The summed E-state index contributed by atoms with van der Waals surface area (Å²) in [5, 5.41) is 14.4. The zero-order valence-corrected chi connectivity index (χ0v) is 22.2. The van der Waals surface area contributed by atoms with Crippen LogP contribution in [0.15, 0.2) is 35.5 Å². The molecule has 4 rings (SSSR count). The second kappa shape index (κ2) is 10.7. The van der Waals surface area contributed by atoms with Gasteiger partial charge in [-0.25, -0.2) is 4.98 Å². The smallest absolute Gasteiger partial charge is 0.375 e. The number of amides is 1. The molecular formula is C25H27F3N4O3S2. The number of aliphatic hydroxyl groups is 1. The highest BCUT2D eigenvalue weighted by atomic mass is 32.2. The van der Waals surface area contributed by atoms with Crippen LogP contribution in [-0.4, -0.2) is 63.6 Å². The van der Waals surface area contributed by atoms with Gasteiger partial charge in [0.05, 0.1) is 21.7 Å². The molecule has 1 atom stereocenters. The van der Waals surface area contributed by atoms with Crippen molar-refractivity contribution < 1.29 is 27.9 Å². The first kappa shape index (κ1) is 27.5. The van der Waals surface area contributed by atoms with Crippen LogP contribution in [0.3, 0.4) is 0 Å². The van der Waals surface area contributed by atoms with E-state index in [1.807, 2.05) is 7.05 Å². The van der Waals surface area contributed by atoms with E-state index in [1.54, 1.807) is 25.1 Å². The Morgan fingerprint density at radius 2 is 1.95 bits per heavy atom. The lowest BCUT2D eigenvalue weighted by atomic mass is 10.0. The number of piperidine rings is 1. The number of thioether (sulfide) groups is 1. The summed E-state index contributed by atoms with van der Waals surface area (Å²) in [6.07, 6.45) is -2.17. The Morgan fingerprint density at radius 3 is 2.62 bits per heavy atom.